The fourth-order valence-corrected chi connectivity index (χ4v) is 3.08. The first-order valence-corrected chi connectivity index (χ1v) is 6.97. The number of rotatable bonds is 6. The molecule has 0 aromatic carbocycles. The van der Waals surface area contributed by atoms with Crippen LogP contribution in [-0.2, 0) is 4.79 Å². The highest BCUT2D eigenvalue weighted by molar-refractivity contribution is 8.00. The summed E-state index contributed by atoms with van der Waals surface area (Å²) in [5, 5.41) is 22.6. The molecule has 0 aromatic heterocycles. The Morgan fingerprint density at radius 1 is 1.50 bits per heavy atom. The van der Waals surface area contributed by atoms with Gasteiger partial charge in [-0.2, -0.15) is 11.8 Å². The van der Waals surface area contributed by atoms with E-state index in [9.17, 15) is 9.59 Å². The van der Waals surface area contributed by atoms with E-state index in [0.717, 1.165) is 18.6 Å². The van der Waals surface area contributed by atoms with E-state index in [1.807, 2.05) is 11.8 Å². The first kappa shape index (κ1) is 15.1. The number of aliphatic carboxylic acids is 1. The smallest absolute Gasteiger partial charge is 0.326 e. The van der Waals surface area contributed by atoms with Crippen molar-refractivity contribution in [2.24, 2.45) is 0 Å². The summed E-state index contributed by atoms with van der Waals surface area (Å²) in [6.07, 6.45) is 2.21. The molecule has 7 heteroatoms. The third kappa shape index (κ3) is 4.73. The summed E-state index contributed by atoms with van der Waals surface area (Å²) in [6, 6.07) is -1.54. The largest absolute Gasteiger partial charge is 0.480 e. The molecule has 0 bridgehead atoms. The number of urea groups is 1. The molecule has 1 fully saturated rings. The summed E-state index contributed by atoms with van der Waals surface area (Å²) in [5.41, 5.74) is 0. The van der Waals surface area contributed by atoms with E-state index in [0.29, 0.717) is 6.54 Å². The summed E-state index contributed by atoms with van der Waals surface area (Å²) in [6.45, 7) is 2.34. The predicted octanol–water partition coefficient (Wildman–Crippen LogP) is 0.407. The Morgan fingerprint density at radius 3 is 2.72 bits per heavy atom. The Kier molecular flexibility index (Phi) is 5.74. The zero-order chi connectivity index (χ0) is 13.6. The Bertz CT molecular complexity index is 305. The van der Waals surface area contributed by atoms with E-state index in [1.165, 1.54) is 0 Å². The van der Waals surface area contributed by atoms with Gasteiger partial charge in [-0.1, -0.05) is 0 Å². The van der Waals surface area contributed by atoms with Crippen LogP contribution in [0.1, 0.15) is 26.2 Å². The fourth-order valence-electron chi connectivity index (χ4n) is 1.84. The van der Waals surface area contributed by atoms with Gasteiger partial charge >= 0.3 is 12.0 Å². The maximum atomic E-state index is 11.6. The van der Waals surface area contributed by atoms with Crippen LogP contribution in [0.2, 0.25) is 0 Å². The molecule has 0 radical (unpaired) electrons. The van der Waals surface area contributed by atoms with Crippen molar-refractivity contribution in [3.63, 3.8) is 0 Å². The summed E-state index contributed by atoms with van der Waals surface area (Å²) in [5.74, 6) is -0.0390. The van der Waals surface area contributed by atoms with Crippen LogP contribution in [0.25, 0.3) is 0 Å². The zero-order valence-corrected chi connectivity index (χ0v) is 11.3. The van der Waals surface area contributed by atoms with Crippen LogP contribution in [-0.4, -0.2) is 51.9 Å². The van der Waals surface area contributed by atoms with E-state index < -0.39 is 18.0 Å². The molecular weight excluding hydrogens is 256 g/mol. The van der Waals surface area contributed by atoms with Crippen molar-refractivity contribution < 1.29 is 19.8 Å². The van der Waals surface area contributed by atoms with Crippen molar-refractivity contribution in [3.8, 4) is 0 Å². The van der Waals surface area contributed by atoms with E-state index >= 15 is 0 Å². The minimum Gasteiger partial charge on any atom is -0.480 e. The summed E-state index contributed by atoms with van der Waals surface area (Å²) >= 11 is 1.82. The van der Waals surface area contributed by atoms with Gasteiger partial charge < -0.3 is 20.8 Å². The summed E-state index contributed by atoms with van der Waals surface area (Å²) in [7, 11) is 0. The Labute approximate surface area is 111 Å². The van der Waals surface area contributed by atoms with Crippen LogP contribution in [0.4, 0.5) is 4.79 Å². The second-order valence-electron chi connectivity index (χ2n) is 4.63. The van der Waals surface area contributed by atoms with Crippen LogP contribution in [0.3, 0.4) is 0 Å². The first-order chi connectivity index (χ1) is 8.47. The molecule has 104 valence electrons. The molecule has 1 aliphatic rings. The Balaban J connectivity index is 2.33. The van der Waals surface area contributed by atoms with E-state index in [2.05, 4.69) is 17.6 Å². The molecule has 0 aliphatic carbocycles. The summed E-state index contributed by atoms with van der Waals surface area (Å²) < 4.78 is 0.0486. The zero-order valence-electron chi connectivity index (χ0n) is 10.4. The minimum atomic E-state index is -1.14. The molecular formula is C11H20N2O4S. The van der Waals surface area contributed by atoms with Crippen molar-refractivity contribution in [3.05, 3.63) is 0 Å². The quantitative estimate of drug-likeness (QED) is 0.563. The van der Waals surface area contributed by atoms with Gasteiger partial charge in [0.15, 0.2) is 0 Å². The normalized spacial score (nSPS) is 24.6. The molecule has 2 atom stereocenters. The van der Waals surface area contributed by atoms with Crippen LogP contribution >= 0.6 is 11.8 Å². The molecule has 1 unspecified atom stereocenters. The molecule has 1 rings (SSSR count). The van der Waals surface area contributed by atoms with Crippen LogP contribution in [0.15, 0.2) is 0 Å². The molecule has 0 spiro atoms. The minimum absolute atomic E-state index is 0.00870. The number of hydrogen-bond donors (Lipinski definition) is 4. The molecule has 18 heavy (non-hydrogen) atoms. The lowest BCUT2D eigenvalue weighted by molar-refractivity contribution is -0.139. The van der Waals surface area contributed by atoms with Gasteiger partial charge in [-0.25, -0.2) is 9.59 Å². The van der Waals surface area contributed by atoms with Gasteiger partial charge in [0.2, 0.25) is 0 Å². The van der Waals surface area contributed by atoms with Gasteiger partial charge in [-0.15, -0.1) is 0 Å². The third-order valence-electron chi connectivity index (χ3n) is 2.94. The highest BCUT2D eigenvalue weighted by atomic mass is 32.2. The third-order valence-corrected chi connectivity index (χ3v) is 4.48. The summed E-state index contributed by atoms with van der Waals surface area (Å²) in [4.78, 5) is 22.3. The number of aliphatic hydroxyl groups is 1. The molecule has 4 N–H and O–H groups in total. The molecule has 1 heterocycles. The number of aliphatic hydroxyl groups excluding tert-OH is 1. The molecule has 1 aliphatic heterocycles. The number of carbonyl (C=O) groups excluding carboxylic acids is 1. The number of carboxylic acid groups (broad SMARTS) is 1. The van der Waals surface area contributed by atoms with Crippen molar-refractivity contribution in [1.82, 2.24) is 10.6 Å². The van der Waals surface area contributed by atoms with Crippen molar-refractivity contribution in [2.75, 3.05) is 18.9 Å². The highest BCUT2D eigenvalue weighted by Crippen LogP contribution is 2.36. The number of carboxylic acids is 1. The van der Waals surface area contributed by atoms with Gasteiger partial charge in [0.25, 0.3) is 0 Å². The number of hydrogen-bond acceptors (Lipinski definition) is 4. The van der Waals surface area contributed by atoms with E-state index in [4.69, 9.17) is 10.2 Å². The first-order valence-electron chi connectivity index (χ1n) is 5.99. The van der Waals surface area contributed by atoms with Crippen molar-refractivity contribution >= 4 is 23.8 Å². The maximum absolute atomic E-state index is 11.6. The molecule has 1 saturated heterocycles. The van der Waals surface area contributed by atoms with E-state index in [1.54, 1.807) is 0 Å². The highest BCUT2D eigenvalue weighted by Gasteiger charge is 2.30. The fraction of sp³-hybridized carbons (Fsp3) is 0.818. The lowest BCUT2D eigenvalue weighted by Crippen LogP contribution is -2.49. The number of nitrogens with one attached hydrogen (secondary N) is 2. The average molecular weight is 276 g/mol. The van der Waals surface area contributed by atoms with Crippen molar-refractivity contribution in [1.29, 1.82) is 0 Å². The van der Waals surface area contributed by atoms with Gasteiger partial charge in [0.1, 0.15) is 6.04 Å². The molecule has 2 amide bonds. The predicted molar refractivity (Wildman–Crippen MR) is 69.8 cm³/mol. The number of thioether (sulfide) groups is 1. The van der Waals surface area contributed by atoms with Gasteiger partial charge in [0.05, 0.1) is 0 Å². The lowest BCUT2D eigenvalue weighted by Gasteiger charge is -2.23. The van der Waals surface area contributed by atoms with Gasteiger partial charge in [-0.05, 0) is 25.5 Å². The molecule has 0 saturated carbocycles. The monoisotopic (exact) mass is 276 g/mol. The van der Waals surface area contributed by atoms with Crippen LogP contribution in [0, 0.1) is 0 Å². The standard InChI is InChI=1S/C11H20N2O4S/c1-11(4-2-6-18-11)7-12-10(17)13-8(3-5-14)9(15)16/h8,14H,2-7H2,1H3,(H,15,16)(H2,12,13,17)/t8-,11?/m0/s1. The van der Waals surface area contributed by atoms with Crippen LogP contribution < -0.4 is 10.6 Å². The second-order valence-corrected chi connectivity index (χ2v) is 6.31. The SMILES string of the molecule is CC1(CNC(=O)N[C@@H](CCO)C(=O)O)CCCS1. The van der Waals surface area contributed by atoms with Gasteiger partial charge in [0, 0.05) is 24.3 Å². The Hall–Kier alpha value is -0.950. The number of carbonyl (C=O) groups is 2. The number of amides is 2. The van der Waals surface area contributed by atoms with Crippen molar-refractivity contribution in [2.45, 2.75) is 37.0 Å². The maximum Gasteiger partial charge on any atom is 0.326 e. The molecule has 6 nitrogen and oxygen atoms in total. The van der Waals surface area contributed by atoms with E-state index in [-0.39, 0.29) is 17.8 Å². The van der Waals surface area contributed by atoms with Gasteiger partial charge in [-0.3, -0.25) is 0 Å². The second kappa shape index (κ2) is 6.84. The lowest BCUT2D eigenvalue weighted by atomic mass is 10.1. The Morgan fingerprint density at radius 2 is 2.22 bits per heavy atom. The average Bonchev–Trinajstić information content (AvgIpc) is 2.73. The molecule has 0 aromatic rings. The topological polar surface area (TPSA) is 98.7 Å². The van der Waals surface area contributed by atoms with Crippen LogP contribution in [0.5, 0.6) is 0 Å².